The highest BCUT2D eigenvalue weighted by atomic mass is 35.5. The van der Waals surface area contributed by atoms with Crippen molar-refractivity contribution in [2.24, 2.45) is 0 Å². The van der Waals surface area contributed by atoms with Gasteiger partial charge in [0.15, 0.2) is 5.78 Å². The molecule has 2 aromatic rings. The van der Waals surface area contributed by atoms with Gasteiger partial charge in [0.05, 0.1) is 6.20 Å². The lowest BCUT2D eigenvalue weighted by atomic mass is 10.1. The van der Waals surface area contributed by atoms with Gasteiger partial charge in [-0.2, -0.15) is 0 Å². The van der Waals surface area contributed by atoms with Crippen molar-refractivity contribution in [3.8, 4) is 0 Å². The Balaban J connectivity index is 1.84. The maximum absolute atomic E-state index is 12.7. The average molecular weight is 307 g/mol. The van der Waals surface area contributed by atoms with Crippen LogP contribution in [0.2, 0.25) is 5.02 Å². The zero-order valence-corrected chi connectivity index (χ0v) is 12.5. The molecule has 0 aliphatic rings. The average Bonchev–Trinajstić information content (AvgIpc) is 2.45. The van der Waals surface area contributed by atoms with Gasteiger partial charge in [-0.25, -0.2) is 4.39 Å². The van der Waals surface area contributed by atoms with Crippen LogP contribution in [-0.2, 0) is 6.54 Å². The SMILES string of the molecule is CN(CCC(=O)c1ccc(F)cn1)Cc1cccc(Cl)c1. The van der Waals surface area contributed by atoms with E-state index in [1.807, 2.05) is 36.2 Å². The number of ketones is 1. The molecule has 5 heteroatoms. The number of aromatic nitrogens is 1. The molecule has 3 nitrogen and oxygen atoms in total. The predicted octanol–water partition coefficient (Wildman–Crippen LogP) is 3.58. The molecular weight excluding hydrogens is 291 g/mol. The van der Waals surface area contributed by atoms with Gasteiger partial charge in [0, 0.05) is 24.5 Å². The minimum atomic E-state index is -0.440. The van der Waals surface area contributed by atoms with Crippen molar-refractivity contribution < 1.29 is 9.18 Å². The highest BCUT2D eigenvalue weighted by Crippen LogP contribution is 2.12. The molecule has 0 unspecified atom stereocenters. The number of halogens is 2. The van der Waals surface area contributed by atoms with Crippen molar-refractivity contribution in [3.05, 3.63) is 64.7 Å². The normalized spacial score (nSPS) is 10.9. The number of benzene rings is 1. The second kappa shape index (κ2) is 7.29. The molecule has 0 saturated heterocycles. The summed E-state index contributed by atoms with van der Waals surface area (Å²) in [6.45, 7) is 1.31. The second-order valence-corrected chi connectivity index (χ2v) is 5.34. The van der Waals surface area contributed by atoms with Crippen LogP contribution in [0.1, 0.15) is 22.5 Å². The lowest BCUT2D eigenvalue weighted by Gasteiger charge is -2.16. The highest BCUT2D eigenvalue weighted by molar-refractivity contribution is 6.30. The van der Waals surface area contributed by atoms with E-state index >= 15 is 0 Å². The number of carbonyl (C=O) groups is 1. The Kier molecular flexibility index (Phi) is 5.42. The van der Waals surface area contributed by atoms with E-state index in [9.17, 15) is 9.18 Å². The van der Waals surface area contributed by atoms with Crippen molar-refractivity contribution in [1.29, 1.82) is 0 Å². The van der Waals surface area contributed by atoms with Crippen molar-refractivity contribution in [3.63, 3.8) is 0 Å². The number of pyridine rings is 1. The van der Waals surface area contributed by atoms with E-state index in [0.29, 0.717) is 30.2 Å². The molecule has 0 amide bonds. The first-order valence-electron chi connectivity index (χ1n) is 6.62. The number of hydrogen-bond acceptors (Lipinski definition) is 3. The van der Waals surface area contributed by atoms with Crippen LogP contribution in [-0.4, -0.2) is 29.3 Å². The lowest BCUT2D eigenvalue weighted by Crippen LogP contribution is -2.21. The van der Waals surface area contributed by atoms with Crippen molar-refractivity contribution >= 4 is 17.4 Å². The molecule has 110 valence electrons. The molecule has 1 heterocycles. The maximum atomic E-state index is 12.7. The van der Waals surface area contributed by atoms with E-state index in [1.54, 1.807) is 0 Å². The standard InChI is InChI=1S/C16H16ClFN2O/c1-20(11-12-3-2-4-13(17)9-12)8-7-16(21)15-6-5-14(18)10-19-15/h2-6,9-10H,7-8,11H2,1H3. The molecule has 0 saturated carbocycles. The minimum Gasteiger partial charge on any atom is -0.302 e. The van der Waals surface area contributed by atoms with Crippen molar-refractivity contribution in [2.75, 3.05) is 13.6 Å². The van der Waals surface area contributed by atoms with Crippen LogP contribution in [0.4, 0.5) is 4.39 Å². The molecule has 0 atom stereocenters. The number of rotatable bonds is 6. The topological polar surface area (TPSA) is 33.2 Å². The molecule has 2 rings (SSSR count). The second-order valence-electron chi connectivity index (χ2n) is 4.90. The monoisotopic (exact) mass is 306 g/mol. The molecule has 0 N–H and O–H groups in total. The summed E-state index contributed by atoms with van der Waals surface area (Å²) in [5, 5.41) is 0.701. The van der Waals surface area contributed by atoms with Crippen LogP contribution in [0.15, 0.2) is 42.6 Å². The molecule has 1 aromatic heterocycles. The zero-order valence-electron chi connectivity index (χ0n) is 11.7. The smallest absolute Gasteiger partial charge is 0.182 e. The first kappa shape index (κ1) is 15.6. The fraction of sp³-hybridized carbons (Fsp3) is 0.250. The molecule has 1 aromatic carbocycles. The summed E-state index contributed by atoms with van der Waals surface area (Å²) in [4.78, 5) is 17.8. The maximum Gasteiger partial charge on any atom is 0.182 e. The molecule has 0 bridgehead atoms. The van der Waals surface area contributed by atoms with E-state index in [-0.39, 0.29) is 5.78 Å². The zero-order chi connectivity index (χ0) is 15.2. The summed E-state index contributed by atoms with van der Waals surface area (Å²) < 4.78 is 12.7. The summed E-state index contributed by atoms with van der Waals surface area (Å²) in [5.41, 5.74) is 1.39. The van der Waals surface area contributed by atoms with Gasteiger partial charge in [0.25, 0.3) is 0 Å². The third-order valence-electron chi connectivity index (χ3n) is 3.08. The summed E-state index contributed by atoms with van der Waals surface area (Å²) in [5.74, 6) is -0.530. The van der Waals surface area contributed by atoms with Crippen LogP contribution in [0.3, 0.4) is 0 Å². The van der Waals surface area contributed by atoms with E-state index in [1.165, 1.54) is 12.1 Å². The molecule has 0 aliphatic heterocycles. The first-order chi connectivity index (χ1) is 10.0. The van der Waals surface area contributed by atoms with Crippen molar-refractivity contribution in [2.45, 2.75) is 13.0 Å². The number of carbonyl (C=O) groups excluding carboxylic acids is 1. The Morgan fingerprint density at radius 2 is 2.14 bits per heavy atom. The summed E-state index contributed by atoms with van der Waals surface area (Å²) in [6.07, 6.45) is 1.40. The van der Waals surface area contributed by atoms with Crippen LogP contribution >= 0.6 is 11.6 Å². The van der Waals surface area contributed by atoms with Crippen LogP contribution in [0, 0.1) is 5.82 Å². The van der Waals surface area contributed by atoms with Gasteiger partial charge in [-0.3, -0.25) is 9.78 Å². The van der Waals surface area contributed by atoms with Gasteiger partial charge in [-0.1, -0.05) is 23.7 Å². The van der Waals surface area contributed by atoms with Crippen LogP contribution < -0.4 is 0 Å². The van der Waals surface area contributed by atoms with Gasteiger partial charge in [0.2, 0.25) is 0 Å². The fourth-order valence-electron chi connectivity index (χ4n) is 1.99. The van der Waals surface area contributed by atoms with E-state index in [2.05, 4.69) is 4.98 Å². The van der Waals surface area contributed by atoms with Gasteiger partial charge in [-0.05, 0) is 36.9 Å². The Hall–Kier alpha value is -1.78. The number of nitrogens with zero attached hydrogens (tertiary/aromatic N) is 2. The molecule has 0 spiro atoms. The Bertz CT molecular complexity index is 616. The van der Waals surface area contributed by atoms with E-state index in [0.717, 1.165) is 11.8 Å². The lowest BCUT2D eigenvalue weighted by molar-refractivity contribution is 0.0963. The van der Waals surface area contributed by atoms with Gasteiger partial charge in [0.1, 0.15) is 11.5 Å². The predicted molar refractivity (Wildman–Crippen MR) is 80.9 cm³/mol. The van der Waals surface area contributed by atoms with Gasteiger partial charge in [-0.15, -0.1) is 0 Å². The third kappa shape index (κ3) is 4.92. The molecule has 0 fully saturated rings. The third-order valence-corrected chi connectivity index (χ3v) is 3.31. The molecule has 0 radical (unpaired) electrons. The van der Waals surface area contributed by atoms with Gasteiger partial charge < -0.3 is 4.90 Å². The first-order valence-corrected chi connectivity index (χ1v) is 7.00. The summed E-state index contributed by atoms with van der Waals surface area (Å²) >= 11 is 5.94. The number of hydrogen-bond donors (Lipinski definition) is 0. The largest absolute Gasteiger partial charge is 0.302 e. The molecule has 21 heavy (non-hydrogen) atoms. The van der Waals surface area contributed by atoms with E-state index in [4.69, 9.17) is 11.6 Å². The Labute approximate surface area is 128 Å². The fourth-order valence-corrected chi connectivity index (χ4v) is 2.20. The van der Waals surface area contributed by atoms with Crippen LogP contribution in [0.5, 0.6) is 0 Å². The van der Waals surface area contributed by atoms with E-state index < -0.39 is 5.82 Å². The Morgan fingerprint density at radius 3 is 2.81 bits per heavy atom. The highest BCUT2D eigenvalue weighted by Gasteiger charge is 2.09. The van der Waals surface area contributed by atoms with Crippen molar-refractivity contribution in [1.82, 2.24) is 9.88 Å². The molecule has 0 aliphatic carbocycles. The minimum absolute atomic E-state index is 0.0899. The quantitative estimate of drug-likeness (QED) is 0.765. The van der Waals surface area contributed by atoms with Crippen LogP contribution in [0.25, 0.3) is 0 Å². The Morgan fingerprint density at radius 1 is 1.33 bits per heavy atom. The summed E-state index contributed by atoms with van der Waals surface area (Å²) in [7, 11) is 1.94. The van der Waals surface area contributed by atoms with Gasteiger partial charge >= 0.3 is 0 Å². The molecular formula is C16H16ClFN2O. The number of Topliss-reactive ketones (excluding diaryl/α,β-unsaturated/α-hetero) is 1. The summed E-state index contributed by atoms with van der Waals surface area (Å²) in [6, 6.07) is 10.3.